The van der Waals surface area contributed by atoms with E-state index >= 15 is 0 Å². The zero-order chi connectivity index (χ0) is 15.1. The number of ether oxygens (including phenoxy) is 1. The quantitative estimate of drug-likeness (QED) is 0.800. The Kier molecular flexibility index (Phi) is 7.02. The zero-order valence-electron chi connectivity index (χ0n) is 12.3. The first-order valence-electron chi connectivity index (χ1n) is 6.93. The van der Waals surface area contributed by atoms with Gasteiger partial charge in [-0.2, -0.15) is 0 Å². The Hall–Kier alpha value is -1.07. The molecule has 0 saturated heterocycles. The number of hydrogen-bond donors (Lipinski definition) is 2. The molecule has 0 radical (unpaired) electrons. The minimum Gasteiger partial charge on any atom is -0.481 e. The molecule has 0 bridgehead atoms. The van der Waals surface area contributed by atoms with Crippen molar-refractivity contribution in [1.29, 1.82) is 0 Å². The minimum absolute atomic E-state index is 0.100. The summed E-state index contributed by atoms with van der Waals surface area (Å²) in [4.78, 5) is 12.0. The fourth-order valence-corrected chi connectivity index (χ4v) is 2.34. The van der Waals surface area contributed by atoms with Crippen molar-refractivity contribution in [2.75, 3.05) is 0 Å². The standard InChI is InChI=1S/C15H23BrN2O2/c1-4-5-10(2)18-15(19)11(3)20-14-7-6-13(16)8-12(14)9-17/h6-8,10-11H,4-5,9,17H2,1-3H3,(H,18,19). The number of nitrogens with one attached hydrogen (secondary N) is 1. The van der Waals surface area contributed by atoms with Gasteiger partial charge in [-0.05, 0) is 38.5 Å². The third-order valence-corrected chi connectivity index (χ3v) is 3.52. The van der Waals surface area contributed by atoms with Gasteiger partial charge in [0, 0.05) is 22.6 Å². The summed E-state index contributed by atoms with van der Waals surface area (Å²) in [7, 11) is 0. The molecule has 3 N–H and O–H groups in total. The van der Waals surface area contributed by atoms with Gasteiger partial charge >= 0.3 is 0 Å². The van der Waals surface area contributed by atoms with E-state index in [4.69, 9.17) is 10.5 Å². The second-order valence-electron chi connectivity index (χ2n) is 4.91. The number of benzene rings is 1. The maximum Gasteiger partial charge on any atom is 0.260 e. The summed E-state index contributed by atoms with van der Waals surface area (Å²) in [6.45, 7) is 6.21. The molecular formula is C15H23BrN2O2. The predicted molar refractivity (Wildman–Crippen MR) is 84.6 cm³/mol. The highest BCUT2D eigenvalue weighted by Crippen LogP contribution is 2.23. The number of nitrogens with two attached hydrogens (primary N) is 1. The summed E-state index contributed by atoms with van der Waals surface area (Å²) in [5.74, 6) is 0.554. The molecule has 1 rings (SSSR count). The lowest BCUT2D eigenvalue weighted by atomic mass is 10.2. The van der Waals surface area contributed by atoms with Crippen LogP contribution in [0.1, 0.15) is 39.2 Å². The highest BCUT2D eigenvalue weighted by Gasteiger charge is 2.17. The summed E-state index contributed by atoms with van der Waals surface area (Å²) >= 11 is 3.39. The summed E-state index contributed by atoms with van der Waals surface area (Å²) in [6, 6.07) is 5.77. The van der Waals surface area contributed by atoms with Crippen LogP contribution in [0.3, 0.4) is 0 Å². The summed E-state index contributed by atoms with van der Waals surface area (Å²) in [5.41, 5.74) is 6.57. The van der Waals surface area contributed by atoms with Gasteiger partial charge in [-0.15, -0.1) is 0 Å². The van der Waals surface area contributed by atoms with Crippen LogP contribution in [0.25, 0.3) is 0 Å². The molecule has 1 amide bonds. The van der Waals surface area contributed by atoms with Crippen LogP contribution in [0.2, 0.25) is 0 Å². The smallest absolute Gasteiger partial charge is 0.260 e. The van der Waals surface area contributed by atoms with Crippen LogP contribution < -0.4 is 15.8 Å². The molecule has 0 saturated carbocycles. The second-order valence-corrected chi connectivity index (χ2v) is 5.83. The Labute approximate surface area is 129 Å². The second kappa shape index (κ2) is 8.27. The molecule has 0 heterocycles. The topological polar surface area (TPSA) is 64.3 Å². The molecule has 5 heteroatoms. The minimum atomic E-state index is -0.541. The van der Waals surface area contributed by atoms with E-state index in [0.29, 0.717) is 12.3 Å². The molecule has 1 aromatic carbocycles. The highest BCUT2D eigenvalue weighted by atomic mass is 79.9. The zero-order valence-corrected chi connectivity index (χ0v) is 13.9. The van der Waals surface area contributed by atoms with Gasteiger partial charge in [-0.25, -0.2) is 0 Å². The van der Waals surface area contributed by atoms with E-state index in [2.05, 4.69) is 28.2 Å². The number of hydrogen-bond acceptors (Lipinski definition) is 3. The van der Waals surface area contributed by atoms with Gasteiger partial charge < -0.3 is 15.8 Å². The van der Waals surface area contributed by atoms with Gasteiger partial charge in [0.15, 0.2) is 6.10 Å². The Morgan fingerprint density at radius 2 is 2.15 bits per heavy atom. The average Bonchev–Trinajstić information content (AvgIpc) is 2.40. The molecule has 4 nitrogen and oxygen atoms in total. The first-order valence-corrected chi connectivity index (χ1v) is 7.72. The van der Waals surface area contributed by atoms with Crippen LogP contribution in [-0.2, 0) is 11.3 Å². The first-order chi connectivity index (χ1) is 9.47. The van der Waals surface area contributed by atoms with Crippen molar-refractivity contribution >= 4 is 21.8 Å². The lowest BCUT2D eigenvalue weighted by Gasteiger charge is -2.19. The van der Waals surface area contributed by atoms with Crippen molar-refractivity contribution in [3.63, 3.8) is 0 Å². The molecule has 0 fully saturated rings. The molecule has 112 valence electrons. The number of carbonyl (C=O) groups excluding carboxylic acids is 1. The van der Waals surface area contributed by atoms with Crippen molar-refractivity contribution < 1.29 is 9.53 Å². The summed E-state index contributed by atoms with van der Waals surface area (Å²) in [6.07, 6.45) is 1.46. The number of amides is 1. The van der Waals surface area contributed by atoms with E-state index in [0.717, 1.165) is 22.9 Å². The van der Waals surface area contributed by atoms with Crippen molar-refractivity contribution in [1.82, 2.24) is 5.32 Å². The first kappa shape index (κ1) is 17.0. The molecule has 0 aliphatic heterocycles. The fraction of sp³-hybridized carbons (Fsp3) is 0.533. The maximum atomic E-state index is 12.0. The van der Waals surface area contributed by atoms with E-state index in [1.165, 1.54) is 0 Å². The van der Waals surface area contributed by atoms with Crippen LogP contribution >= 0.6 is 15.9 Å². The van der Waals surface area contributed by atoms with Crippen LogP contribution in [0.4, 0.5) is 0 Å². The molecular weight excluding hydrogens is 320 g/mol. The molecule has 2 unspecified atom stereocenters. The molecule has 0 spiro atoms. The van der Waals surface area contributed by atoms with Gasteiger partial charge in [-0.1, -0.05) is 29.3 Å². The van der Waals surface area contributed by atoms with Gasteiger partial charge in [-0.3, -0.25) is 4.79 Å². The van der Waals surface area contributed by atoms with E-state index in [9.17, 15) is 4.79 Å². The van der Waals surface area contributed by atoms with Crippen LogP contribution in [0.15, 0.2) is 22.7 Å². The predicted octanol–water partition coefficient (Wildman–Crippen LogP) is 2.98. The molecule has 0 aliphatic rings. The van der Waals surface area contributed by atoms with Crippen LogP contribution in [0, 0.1) is 0 Å². The lowest BCUT2D eigenvalue weighted by Crippen LogP contribution is -2.41. The SMILES string of the molecule is CCCC(C)NC(=O)C(C)Oc1ccc(Br)cc1CN. The van der Waals surface area contributed by atoms with Gasteiger partial charge in [0.25, 0.3) is 5.91 Å². The van der Waals surface area contributed by atoms with Crippen LogP contribution in [-0.4, -0.2) is 18.1 Å². The molecule has 1 aromatic rings. The van der Waals surface area contributed by atoms with Gasteiger partial charge in [0.05, 0.1) is 0 Å². The normalized spacial score (nSPS) is 13.7. The Morgan fingerprint density at radius 3 is 2.75 bits per heavy atom. The Bertz CT molecular complexity index is 451. The van der Waals surface area contributed by atoms with Gasteiger partial charge in [0.2, 0.25) is 0 Å². The van der Waals surface area contributed by atoms with Crippen molar-refractivity contribution in [3.05, 3.63) is 28.2 Å². The van der Waals surface area contributed by atoms with E-state index in [1.54, 1.807) is 6.92 Å². The third-order valence-electron chi connectivity index (χ3n) is 3.03. The highest BCUT2D eigenvalue weighted by molar-refractivity contribution is 9.10. The van der Waals surface area contributed by atoms with E-state index in [1.807, 2.05) is 25.1 Å². The molecule has 0 aliphatic carbocycles. The molecule has 20 heavy (non-hydrogen) atoms. The average molecular weight is 343 g/mol. The number of halogens is 1. The lowest BCUT2D eigenvalue weighted by molar-refractivity contribution is -0.127. The fourth-order valence-electron chi connectivity index (χ4n) is 1.93. The van der Waals surface area contributed by atoms with Crippen LogP contribution in [0.5, 0.6) is 5.75 Å². The van der Waals surface area contributed by atoms with Gasteiger partial charge in [0.1, 0.15) is 5.75 Å². The van der Waals surface area contributed by atoms with E-state index in [-0.39, 0.29) is 11.9 Å². The van der Waals surface area contributed by atoms with Crippen molar-refractivity contribution in [2.24, 2.45) is 5.73 Å². The Balaban J connectivity index is 2.65. The van der Waals surface area contributed by atoms with Crippen molar-refractivity contribution in [2.45, 2.75) is 52.3 Å². The third kappa shape index (κ3) is 5.13. The number of carbonyl (C=O) groups is 1. The van der Waals surface area contributed by atoms with E-state index < -0.39 is 6.10 Å². The molecule has 2 atom stereocenters. The Morgan fingerprint density at radius 1 is 1.45 bits per heavy atom. The summed E-state index contributed by atoms with van der Waals surface area (Å²) in [5, 5.41) is 2.95. The van der Waals surface area contributed by atoms with Crippen molar-refractivity contribution in [3.8, 4) is 5.75 Å². The molecule has 0 aromatic heterocycles. The summed E-state index contributed by atoms with van der Waals surface area (Å²) < 4.78 is 6.66. The number of rotatable bonds is 7. The monoisotopic (exact) mass is 342 g/mol. The maximum absolute atomic E-state index is 12.0. The largest absolute Gasteiger partial charge is 0.481 e.